The highest BCUT2D eigenvalue weighted by Crippen LogP contribution is 2.37. The summed E-state index contributed by atoms with van der Waals surface area (Å²) in [5.74, 6) is 0.932. The molecule has 0 aliphatic rings. The molecule has 1 heterocycles. The molecule has 0 atom stereocenters. The smallest absolute Gasteiger partial charge is 0.250 e. The van der Waals surface area contributed by atoms with Crippen LogP contribution in [0.2, 0.25) is 18.1 Å². The summed E-state index contributed by atoms with van der Waals surface area (Å²) in [6.07, 6.45) is 2.02. The lowest BCUT2D eigenvalue weighted by Crippen LogP contribution is -2.43. The van der Waals surface area contributed by atoms with E-state index in [-0.39, 0.29) is 10.5 Å². The Balaban J connectivity index is 2.29. The Hall–Kier alpha value is -1.55. The highest BCUT2D eigenvalue weighted by Gasteiger charge is 2.39. The average Bonchev–Trinajstić information content (AvgIpc) is 2.86. The molecule has 23 heavy (non-hydrogen) atoms. The third-order valence-corrected chi connectivity index (χ3v) is 8.98. The Kier molecular flexibility index (Phi) is 4.50. The average molecular weight is 331 g/mol. The Morgan fingerprint density at radius 1 is 1.00 bits per heavy atom. The van der Waals surface area contributed by atoms with Crippen LogP contribution in [0.5, 0.6) is 5.75 Å². The first-order valence-corrected chi connectivity index (χ1v) is 11.2. The van der Waals surface area contributed by atoms with E-state index in [9.17, 15) is 0 Å². The van der Waals surface area contributed by atoms with Crippen LogP contribution in [0.4, 0.5) is 0 Å². The van der Waals surface area contributed by atoms with E-state index in [4.69, 9.17) is 9.52 Å². The monoisotopic (exact) mass is 330 g/mol. The van der Waals surface area contributed by atoms with Crippen molar-refractivity contribution in [3.63, 3.8) is 0 Å². The first kappa shape index (κ1) is 17.8. The molecule has 126 valence electrons. The lowest BCUT2D eigenvalue weighted by Gasteiger charge is -2.36. The van der Waals surface area contributed by atoms with Gasteiger partial charge in [0, 0.05) is 17.7 Å². The van der Waals surface area contributed by atoms with Crippen molar-refractivity contribution in [3.8, 4) is 11.4 Å². The van der Waals surface area contributed by atoms with Gasteiger partial charge in [-0.3, -0.25) is 0 Å². The van der Waals surface area contributed by atoms with Crippen molar-refractivity contribution >= 4 is 8.32 Å². The standard InChI is InChI=1S/C19H30N2OSi/c1-18(2,3)17-12-13-21(20-17)15-10-9-11-16(14-15)22-23(7,8)19(4,5)6/h9-14H,1-8H3. The molecule has 2 aromatic rings. The molecular formula is C19H30N2OSi. The lowest BCUT2D eigenvalue weighted by molar-refractivity contribution is 0.491. The van der Waals surface area contributed by atoms with Gasteiger partial charge in [0.2, 0.25) is 8.32 Å². The van der Waals surface area contributed by atoms with Crippen molar-refractivity contribution in [2.75, 3.05) is 0 Å². The van der Waals surface area contributed by atoms with Crippen molar-refractivity contribution in [1.82, 2.24) is 9.78 Å². The van der Waals surface area contributed by atoms with E-state index in [1.54, 1.807) is 0 Å². The van der Waals surface area contributed by atoms with E-state index in [0.717, 1.165) is 17.1 Å². The zero-order chi connectivity index (χ0) is 17.5. The van der Waals surface area contributed by atoms with Crippen molar-refractivity contribution in [2.45, 2.75) is 65.1 Å². The van der Waals surface area contributed by atoms with Gasteiger partial charge in [0.05, 0.1) is 11.4 Å². The van der Waals surface area contributed by atoms with E-state index in [0.29, 0.717) is 0 Å². The van der Waals surface area contributed by atoms with Crippen LogP contribution >= 0.6 is 0 Å². The van der Waals surface area contributed by atoms with Gasteiger partial charge < -0.3 is 4.43 Å². The quantitative estimate of drug-likeness (QED) is 0.689. The maximum absolute atomic E-state index is 6.40. The van der Waals surface area contributed by atoms with Gasteiger partial charge in [0.25, 0.3) is 0 Å². The molecule has 0 aliphatic heterocycles. The summed E-state index contributed by atoms with van der Waals surface area (Å²) >= 11 is 0. The highest BCUT2D eigenvalue weighted by molar-refractivity contribution is 6.74. The van der Waals surface area contributed by atoms with Crippen LogP contribution in [0.3, 0.4) is 0 Å². The van der Waals surface area contributed by atoms with E-state index in [1.165, 1.54) is 0 Å². The van der Waals surface area contributed by atoms with Gasteiger partial charge >= 0.3 is 0 Å². The van der Waals surface area contributed by atoms with E-state index >= 15 is 0 Å². The second-order valence-electron chi connectivity index (χ2n) is 8.76. The molecule has 0 spiro atoms. The maximum Gasteiger partial charge on any atom is 0.250 e. The van der Waals surface area contributed by atoms with E-state index < -0.39 is 8.32 Å². The first-order chi connectivity index (χ1) is 10.4. The predicted molar refractivity (Wildman–Crippen MR) is 100 cm³/mol. The van der Waals surface area contributed by atoms with Crippen molar-refractivity contribution in [1.29, 1.82) is 0 Å². The van der Waals surface area contributed by atoms with Crippen LogP contribution in [0.15, 0.2) is 36.5 Å². The summed E-state index contributed by atoms with van der Waals surface area (Å²) in [4.78, 5) is 0. The van der Waals surface area contributed by atoms with E-state index in [2.05, 4.69) is 72.8 Å². The van der Waals surface area contributed by atoms with Gasteiger partial charge in [0.15, 0.2) is 0 Å². The molecule has 0 amide bonds. The molecule has 1 aromatic heterocycles. The van der Waals surface area contributed by atoms with Crippen LogP contribution in [0.1, 0.15) is 47.2 Å². The number of nitrogens with zero attached hydrogens (tertiary/aromatic N) is 2. The molecule has 2 rings (SSSR count). The van der Waals surface area contributed by atoms with Gasteiger partial charge in [-0.05, 0) is 36.3 Å². The highest BCUT2D eigenvalue weighted by atomic mass is 28.4. The predicted octanol–water partition coefficient (Wildman–Crippen LogP) is 5.55. The second-order valence-corrected chi connectivity index (χ2v) is 13.5. The van der Waals surface area contributed by atoms with Crippen LogP contribution in [-0.2, 0) is 5.41 Å². The summed E-state index contributed by atoms with van der Waals surface area (Å²) < 4.78 is 8.33. The van der Waals surface area contributed by atoms with Gasteiger partial charge in [-0.25, -0.2) is 4.68 Å². The summed E-state index contributed by atoms with van der Waals surface area (Å²) in [7, 11) is -1.82. The normalized spacial score (nSPS) is 13.2. The summed E-state index contributed by atoms with van der Waals surface area (Å²) in [6, 6.07) is 10.3. The van der Waals surface area contributed by atoms with Crippen molar-refractivity contribution in [3.05, 3.63) is 42.2 Å². The number of rotatable bonds is 3. The van der Waals surface area contributed by atoms with Gasteiger partial charge in [0.1, 0.15) is 5.75 Å². The fourth-order valence-electron chi connectivity index (χ4n) is 2.00. The molecule has 1 aromatic carbocycles. The van der Waals surface area contributed by atoms with Crippen molar-refractivity contribution in [2.24, 2.45) is 0 Å². The molecule has 0 N–H and O–H groups in total. The molecule has 0 saturated carbocycles. The molecule has 0 unspecified atom stereocenters. The number of benzene rings is 1. The zero-order valence-electron chi connectivity index (χ0n) is 15.8. The Morgan fingerprint density at radius 3 is 2.17 bits per heavy atom. The third kappa shape index (κ3) is 4.05. The van der Waals surface area contributed by atoms with Crippen LogP contribution in [0, 0.1) is 0 Å². The Morgan fingerprint density at radius 2 is 1.65 bits per heavy atom. The molecular weight excluding hydrogens is 300 g/mol. The minimum absolute atomic E-state index is 0.0561. The Bertz CT molecular complexity index is 675. The minimum Gasteiger partial charge on any atom is -0.543 e. The maximum atomic E-state index is 6.40. The lowest BCUT2D eigenvalue weighted by atomic mass is 9.93. The molecule has 0 fully saturated rings. The Labute approximate surface area is 141 Å². The van der Waals surface area contributed by atoms with Gasteiger partial charge in [-0.1, -0.05) is 47.6 Å². The fourth-order valence-corrected chi connectivity index (χ4v) is 3.03. The summed E-state index contributed by atoms with van der Waals surface area (Å²) in [5, 5.41) is 4.90. The first-order valence-electron chi connectivity index (χ1n) is 8.26. The summed E-state index contributed by atoms with van der Waals surface area (Å²) in [6.45, 7) is 17.8. The molecule has 0 saturated heterocycles. The molecule has 4 heteroatoms. The molecule has 3 nitrogen and oxygen atoms in total. The van der Waals surface area contributed by atoms with Crippen LogP contribution in [0.25, 0.3) is 5.69 Å². The van der Waals surface area contributed by atoms with Crippen LogP contribution in [-0.4, -0.2) is 18.1 Å². The third-order valence-electron chi connectivity index (χ3n) is 4.62. The number of aromatic nitrogens is 2. The molecule has 0 radical (unpaired) electrons. The molecule has 0 bridgehead atoms. The zero-order valence-corrected chi connectivity index (χ0v) is 16.8. The number of hydrogen-bond acceptors (Lipinski definition) is 2. The number of hydrogen-bond donors (Lipinski definition) is 0. The van der Waals surface area contributed by atoms with Gasteiger partial charge in [-0.15, -0.1) is 0 Å². The second kappa shape index (κ2) is 5.82. The topological polar surface area (TPSA) is 27.1 Å². The largest absolute Gasteiger partial charge is 0.543 e. The summed E-state index contributed by atoms with van der Waals surface area (Å²) in [5.41, 5.74) is 2.19. The molecule has 0 aliphatic carbocycles. The minimum atomic E-state index is -1.82. The van der Waals surface area contributed by atoms with Crippen LogP contribution < -0.4 is 4.43 Å². The fraction of sp³-hybridized carbons (Fsp3) is 0.526. The van der Waals surface area contributed by atoms with Crippen molar-refractivity contribution < 1.29 is 4.43 Å². The van der Waals surface area contributed by atoms with Gasteiger partial charge in [-0.2, -0.15) is 5.10 Å². The SMILES string of the molecule is CC(C)(C)c1ccn(-c2cccc(O[Si](C)(C)C(C)(C)C)c2)n1. The van der Waals surface area contributed by atoms with E-state index in [1.807, 2.05) is 23.0 Å².